The van der Waals surface area contributed by atoms with E-state index in [4.69, 9.17) is 16.3 Å². The van der Waals surface area contributed by atoms with Crippen molar-refractivity contribution in [1.29, 1.82) is 10.5 Å². The minimum Gasteiger partial charge on any atom is -0.398 e. The summed E-state index contributed by atoms with van der Waals surface area (Å²) in [4.78, 5) is 0. The lowest BCUT2D eigenvalue weighted by molar-refractivity contribution is 0.617. The van der Waals surface area contributed by atoms with Crippen LogP contribution in [0.1, 0.15) is 22.3 Å². The van der Waals surface area contributed by atoms with Gasteiger partial charge in [0.2, 0.25) is 0 Å². The Morgan fingerprint density at radius 3 is 2.00 bits per heavy atom. The Bertz CT molecular complexity index is 740. The van der Waals surface area contributed by atoms with Crippen LogP contribution in [0.4, 0.5) is 14.5 Å². The Morgan fingerprint density at radius 2 is 1.52 bits per heavy atom. The zero-order chi connectivity index (χ0) is 16.0. The SMILES string of the molecule is Cc1c(F)ccc(N)c1C#N.Cc1c(F)cccc1C#N. The van der Waals surface area contributed by atoms with Crippen molar-refractivity contribution in [3.05, 3.63) is 64.2 Å². The second-order valence-corrected chi connectivity index (χ2v) is 4.27. The van der Waals surface area contributed by atoms with Crippen LogP contribution in [0.15, 0.2) is 30.3 Å². The van der Waals surface area contributed by atoms with Gasteiger partial charge in [-0.2, -0.15) is 10.5 Å². The van der Waals surface area contributed by atoms with E-state index < -0.39 is 5.82 Å². The Hall–Kier alpha value is -2.92. The molecule has 2 aromatic carbocycles. The Balaban J connectivity index is 0.000000211. The topological polar surface area (TPSA) is 73.6 Å². The Labute approximate surface area is 121 Å². The van der Waals surface area contributed by atoms with Gasteiger partial charge < -0.3 is 5.73 Å². The molecular weight excluding hydrogens is 272 g/mol. The van der Waals surface area contributed by atoms with E-state index in [2.05, 4.69) is 0 Å². The Kier molecular flexibility index (Phi) is 5.39. The molecule has 2 rings (SSSR count). The van der Waals surface area contributed by atoms with Crippen LogP contribution >= 0.6 is 0 Å². The third kappa shape index (κ3) is 3.77. The zero-order valence-electron chi connectivity index (χ0n) is 11.6. The molecule has 2 N–H and O–H groups in total. The number of halogens is 2. The van der Waals surface area contributed by atoms with Crippen molar-refractivity contribution < 1.29 is 8.78 Å². The average molecular weight is 285 g/mol. The van der Waals surface area contributed by atoms with Gasteiger partial charge in [-0.3, -0.25) is 0 Å². The molecule has 0 heterocycles. The maximum atomic E-state index is 12.7. The van der Waals surface area contributed by atoms with E-state index >= 15 is 0 Å². The summed E-state index contributed by atoms with van der Waals surface area (Å²) in [6.45, 7) is 3.12. The summed E-state index contributed by atoms with van der Waals surface area (Å²) in [6.07, 6.45) is 0. The molecule has 0 bridgehead atoms. The molecule has 0 aliphatic heterocycles. The van der Waals surface area contributed by atoms with Crippen molar-refractivity contribution in [1.82, 2.24) is 0 Å². The summed E-state index contributed by atoms with van der Waals surface area (Å²) in [5.74, 6) is -0.713. The van der Waals surface area contributed by atoms with E-state index in [1.54, 1.807) is 13.0 Å². The number of nitrogen functional groups attached to an aromatic ring is 1. The zero-order valence-corrected chi connectivity index (χ0v) is 11.6. The van der Waals surface area contributed by atoms with Crippen molar-refractivity contribution >= 4 is 5.69 Å². The number of hydrogen-bond acceptors (Lipinski definition) is 3. The molecule has 21 heavy (non-hydrogen) atoms. The number of nitrogens with zero attached hydrogens (tertiary/aromatic N) is 2. The van der Waals surface area contributed by atoms with Crippen molar-refractivity contribution in [2.45, 2.75) is 13.8 Å². The number of hydrogen-bond donors (Lipinski definition) is 1. The van der Waals surface area contributed by atoms with E-state index in [0.29, 0.717) is 22.4 Å². The molecule has 3 nitrogen and oxygen atoms in total. The summed E-state index contributed by atoms with van der Waals surface area (Å²) in [5, 5.41) is 17.0. The van der Waals surface area contributed by atoms with Crippen LogP contribution in [0.3, 0.4) is 0 Å². The molecule has 0 amide bonds. The minimum absolute atomic E-state index is 0.227. The number of benzene rings is 2. The molecule has 0 fully saturated rings. The fourth-order valence-corrected chi connectivity index (χ4v) is 1.58. The molecule has 0 saturated carbocycles. The highest BCUT2D eigenvalue weighted by Crippen LogP contribution is 2.17. The molecule has 5 heteroatoms. The summed E-state index contributed by atoms with van der Waals surface area (Å²) in [5.41, 5.74) is 7.10. The molecule has 0 aliphatic rings. The van der Waals surface area contributed by atoms with Crippen LogP contribution in [-0.2, 0) is 0 Å². The standard InChI is InChI=1S/C8H7FN2.C8H6FN/c1-5-6(4-10)8(11)3-2-7(5)9;1-6-7(5-10)3-2-4-8(6)9/h2-3H,11H2,1H3;2-4H,1H3. The second-order valence-electron chi connectivity index (χ2n) is 4.27. The first kappa shape index (κ1) is 16.1. The first-order chi connectivity index (χ1) is 9.92. The van der Waals surface area contributed by atoms with E-state index in [1.165, 1.54) is 31.2 Å². The number of nitrogens with two attached hydrogens (primary N) is 1. The smallest absolute Gasteiger partial charge is 0.127 e. The average Bonchev–Trinajstić information content (AvgIpc) is 2.47. The van der Waals surface area contributed by atoms with Crippen molar-refractivity contribution in [2.24, 2.45) is 0 Å². The predicted octanol–water partition coefficient (Wildman–Crippen LogP) is 3.59. The van der Waals surface area contributed by atoms with Crippen molar-refractivity contribution in [3.8, 4) is 12.1 Å². The molecule has 0 spiro atoms. The van der Waals surface area contributed by atoms with Gasteiger partial charge >= 0.3 is 0 Å². The quantitative estimate of drug-likeness (QED) is 0.752. The maximum absolute atomic E-state index is 12.7. The van der Waals surface area contributed by atoms with Gasteiger partial charge in [0, 0.05) is 16.8 Å². The summed E-state index contributed by atoms with van der Waals surface area (Å²) in [6, 6.07) is 10.8. The van der Waals surface area contributed by atoms with E-state index in [9.17, 15) is 8.78 Å². The highest BCUT2D eigenvalue weighted by atomic mass is 19.1. The van der Waals surface area contributed by atoms with Gasteiger partial charge in [0.05, 0.1) is 17.2 Å². The van der Waals surface area contributed by atoms with Gasteiger partial charge in [-0.15, -0.1) is 0 Å². The van der Waals surface area contributed by atoms with E-state index in [0.717, 1.165) is 0 Å². The van der Waals surface area contributed by atoms with Crippen LogP contribution in [0.5, 0.6) is 0 Å². The number of rotatable bonds is 0. The molecule has 106 valence electrons. The summed E-state index contributed by atoms with van der Waals surface area (Å²) < 4.78 is 25.4. The molecule has 0 unspecified atom stereocenters. The molecule has 0 radical (unpaired) electrons. The van der Waals surface area contributed by atoms with Crippen LogP contribution in [-0.4, -0.2) is 0 Å². The van der Waals surface area contributed by atoms with Gasteiger partial charge in [-0.25, -0.2) is 8.78 Å². The molecule has 0 atom stereocenters. The molecule has 2 aromatic rings. The fraction of sp³-hybridized carbons (Fsp3) is 0.125. The third-order valence-electron chi connectivity index (χ3n) is 2.93. The Morgan fingerprint density at radius 1 is 0.905 bits per heavy atom. The summed E-state index contributed by atoms with van der Waals surface area (Å²) >= 11 is 0. The normalized spacial score (nSPS) is 9.05. The molecule has 0 aromatic heterocycles. The number of nitriles is 2. The van der Waals surface area contributed by atoms with Gasteiger partial charge in [-0.05, 0) is 38.1 Å². The highest BCUT2D eigenvalue weighted by molar-refractivity contribution is 5.57. The lowest BCUT2D eigenvalue weighted by Crippen LogP contribution is -1.95. The predicted molar refractivity (Wildman–Crippen MR) is 76.1 cm³/mol. The van der Waals surface area contributed by atoms with Crippen LogP contribution in [0.2, 0.25) is 0 Å². The molecular formula is C16H13F2N3. The second kappa shape index (κ2) is 7.02. The lowest BCUT2D eigenvalue weighted by Gasteiger charge is -2.00. The van der Waals surface area contributed by atoms with Crippen LogP contribution < -0.4 is 5.73 Å². The van der Waals surface area contributed by atoms with Gasteiger partial charge in [0.25, 0.3) is 0 Å². The largest absolute Gasteiger partial charge is 0.398 e. The first-order valence-corrected chi connectivity index (χ1v) is 6.02. The minimum atomic E-state index is -0.393. The summed E-state index contributed by atoms with van der Waals surface area (Å²) in [7, 11) is 0. The fourth-order valence-electron chi connectivity index (χ4n) is 1.58. The van der Waals surface area contributed by atoms with E-state index in [-0.39, 0.29) is 11.4 Å². The molecule has 0 aliphatic carbocycles. The highest BCUT2D eigenvalue weighted by Gasteiger charge is 2.05. The monoisotopic (exact) mass is 285 g/mol. The van der Waals surface area contributed by atoms with Gasteiger partial charge in [0.15, 0.2) is 0 Å². The molecule has 0 saturated heterocycles. The van der Waals surface area contributed by atoms with Gasteiger partial charge in [-0.1, -0.05) is 6.07 Å². The van der Waals surface area contributed by atoms with Crippen LogP contribution in [0.25, 0.3) is 0 Å². The maximum Gasteiger partial charge on any atom is 0.127 e. The van der Waals surface area contributed by atoms with Gasteiger partial charge in [0.1, 0.15) is 17.7 Å². The lowest BCUT2D eigenvalue weighted by atomic mass is 10.1. The third-order valence-corrected chi connectivity index (χ3v) is 2.93. The van der Waals surface area contributed by atoms with Crippen LogP contribution in [0, 0.1) is 48.1 Å². The first-order valence-electron chi connectivity index (χ1n) is 6.02. The van der Waals surface area contributed by atoms with Crippen molar-refractivity contribution in [2.75, 3.05) is 5.73 Å². The number of anilines is 1. The van der Waals surface area contributed by atoms with Crippen molar-refractivity contribution in [3.63, 3.8) is 0 Å². The van der Waals surface area contributed by atoms with E-state index in [1.807, 2.05) is 12.1 Å².